The Morgan fingerprint density at radius 1 is 1.21 bits per heavy atom. The number of nitriles is 1. The van der Waals surface area contributed by atoms with E-state index in [2.05, 4.69) is 38.1 Å². The number of nitrogens with zero attached hydrogens (tertiary/aromatic N) is 1. The second-order valence-corrected chi connectivity index (χ2v) is 6.34. The van der Waals surface area contributed by atoms with E-state index in [0.29, 0.717) is 19.1 Å². The molecule has 1 heterocycles. The lowest BCUT2D eigenvalue weighted by Crippen LogP contribution is -2.53. The van der Waals surface area contributed by atoms with Crippen LogP contribution in [0.4, 0.5) is 0 Å². The molecule has 1 fully saturated rings. The maximum absolute atomic E-state index is 9.55. The lowest BCUT2D eigenvalue weighted by atomic mass is 9.65. The zero-order valence-corrected chi connectivity index (χ0v) is 11.8. The summed E-state index contributed by atoms with van der Waals surface area (Å²) in [6, 6.07) is 9.38. The van der Waals surface area contributed by atoms with Gasteiger partial charge in [-0.2, -0.15) is 5.26 Å². The van der Waals surface area contributed by atoms with Crippen molar-refractivity contribution in [3.8, 4) is 6.07 Å². The standard InChI is InChI=1S/C17H21NO/c1-12(2)16(9-18)17(10-19-11-17)15-7-6-13-4-3-5-14(13)8-15/h6-8,12,16H,3-5,10-11H2,1-2H3. The minimum atomic E-state index is -0.0689. The molecule has 1 aliphatic carbocycles. The van der Waals surface area contributed by atoms with E-state index >= 15 is 0 Å². The second kappa shape index (κ2) is 4.65. The van der Waals surface area contributed by atoms with Crippen molar-refractivity contribution in [1.29, 1.82) is 5.26 Å². The number of ether oxygens (including phenoxy) is 1. The fraction of sp³-hybridized carbons (Fsp3) is 0.588. The first-order valence-corrected chi connectivity index (χ1v) is 7.27. The molecule has 2 aliphatic rings. The van der Waals surface area contributed by atoms with Crippen LogP contribution in [-0.4, -0.2) is 13.2 Å². The van der Waals surface area contributed by atoms with Gasteiger partial charge < -0.3 is 4.74 Å². The van der Waals surface area contributed by atoms with Crippen LogP contribution in [0.3, 0.4) is 0 Å². The molecule has 1 aromatic rings. The van der Waals surface area contributed by atoms with E-state index in [1.165, 1.54) is 36.0 Å². The lowest BCUT2D eigenvalue weighted by molar-refractivity contribution is -0.0877. The van der Waals surface area contributed by atoms with Gasteiger partial charge in [0.1, 0.15) is 0 Å². The van der Waals surface area contributed by atoms with E-state index in [1.807, 2.05) is 0 Å². The number of hydrogen-bond acceptors (Lipinski definition) is 2. The lowest BCUT2D eigenvalue weighted by Gasteiger charge is -2.46. The third-order valence-corrected chi connectivity index (χ3v) is 4.79. The van der Waals surface area contributed by atoms with Crippen LogP contribution in [0.5, 0.6) is 0 Å². The van der Waals surface area contributed by atoms with E-state index < -0.39 is 0 Å². The molecular weight excluding hydrogens is 234 g/mol. The van der Waals surface area contributed by atoms with Crippen molar-refractivity contribution in [2.75, 3.05) is 13.2 Å². The molecule has 2 nitrogen and oxygen atoms in total. The van der Waals surface area contributed by atoms with E-state index in [9.17, 15) is 5.26 Å². The summed E-state index contributed by atoms with van der Waals surface area (Å²) in [5.74, 6) is 0.405. The molecule has 1 unspecified atom stereocenters. The quantitative estimate of drug-likeness (QED) is 0.830. The molecule has 1 aromatic carbocycles. The van der Waals surface area contributed by atoms with Crippen LogP contribution in [0.1, 0.15) is 37.0 Å². The first kappa shape index (κ1) is 12.7. The molecule has 3 rings (SSSR count). The van der Waals surface area contributed by atoms with Gasteiger partial charge in [0.05, 0.1) is 30.6 Å². The highest BCUT2D eigenvalue weighted by molar-refractivity contribution is 5.41. The third kappa shape index (κ3) is 1.88. The molecule has 0 amide bonds. The van der Waals surface area contributed by atoms with Crippen LogP contribution >= 0.6 is 0 Å². The maximum atomic E-state index is 9.55. The fourth-order valence-corrected chi connectivity index (χ4v) is 3.64. The average Bonchev–Trinajstić information content (AvgIpc) is 2.79. The molecule has 1 saturated heterocycles. The Hall–Kier alpha value is -1.33. The summed E-state index contributed by atoms with van der Waals surface area (Å²) in [7, 11) is 0. The zero-order chi connectivity index (χ0) is 13.5. The van der Waals surface area contributed by atoms with Crippen LogP contribution in [0.25, 0.3) is 0 Å². The molecule has 0 spiro atoms. The zero-order valence-electron chi connectivity index (χ0n) is 11.8. The third-order valence-electron chi connectivity index (χ3n) is 4.79. The normalized spacial score (nSPS) is 21.6. The minimum absolute atomic E-state index is 0.0423. The highest BCUT2D eigenvalue weighted by Crippen LogP contribution is 2.43. The Morgan fingerprint density at radius 2 is 1.95 bits per heavy atom. The Bertz CT molecular complexity index is 523. The van der Waals surface area contributed by atoms with Crippen LogP contribution < -0.4 is 0 Å². The Balaban J connectivity index is 2.00. The average molecular weight is 255 g/mol. The van der Waals surface area contributed by atoms with Crippen molar-refractivity contribution < 1.29 is 4.74 Å². The summed E-state index contributed by atoms with van der Waals surface area (Å²) < 4.78 is 5.49. The molecule has 0 N–H and O–H groups in total. The largest absolute Gasteiger partial charge is 0.379 e. The van der Waals surface area contributed by atoms with Crippen LogP contribution in [-0.2, 0) is 23.0 Å². The highest BCUT2D eigenvalue weighted by Gasteiger charge is 2.48. The Kier molecular flexibility index (Phi) is 3.11. The molecule has 1 aliphatic heterocycles. The summed E-state index contributed by atoms with van der Waals surface area (Å²) in [4.78, 5) is 0. The molecule has 0 saturated carbocycles. The van der Waals surface area contributed by atoms with Crippen molar-refractivity contribution in [3.05, 3.63) is 34.9 Å². The minimum Gasteiger partial charge on any atom is -0.379 e. The fourth-order valence-electron chi connectivity index (χ4n) is 3.64. The van der Waals surface area contributed by atoms with Gasteiger partial charge in [0.25, 0.3) is 0 Å². The smallest absolute Gasteiger partial charge is 0.0669 e. The first-order chi connectivity index (χ1) is 9.17. The number of rotatable bonds is 3. The Labute approximate surface area is 115 Å². The molecule has 1 atom stereocenters. The summed E-state index contributed by atoms with van der Waals surface area (Å²) in [6.07, 6.45) is 3.68. The van der Waals surface area contributed by atoms with Gasteiger partial charge in [-0.05, 0) is 41.9 Å². The molecule has 2 heteroatoms. The summed E-state index contributed by atoms with van der Waals surface area (Å²) in [5, 5.41) is 9.55. The second-order valence-electron chi connectivity index (χ2n) is 6.34. The molecule has 100 valence electrons. The number of benzene rings is 1. The number of hydrogen-bond donors (Lipinski definition) is 0. The van der Waals surface area contributed by atoms with Crippen molar-refractivity contribution in [3.63, 3.8) is 0 Å². The topological polar surface area (TPSA) is 33.0 Å². The molecular formula is C17H21NO. The predicted octanol–water partition coefficient (Wildman–Crippen LogP) is 3.24. The van der Waals surface area contributed by atoms with E-state index in [1.54, 1.807) is 0 Å². The molecule has 0 aromatic heterocycles. The van der Waals surface area contributed by atoms with Crippen molar-refractivity contribution in [2.24, 2.45) is 11.8 Å². The van der Waals surface area contributed by atoms with Gasteiger partial charge in [-0.25, -0.2) is 0 Å². The van der Waals surface area contributed by atoms with Crippen LogP contribution in [0.15, 0.2) is 18.2 Å². The van der Waals surface area contributed by atoms with Crippen LogP contribution in [0, 0.1) is 23.2 Å². The van der Waals surface area contributed by atoms with Crippen LogP contribution in [0.2, 0.25) is 0 Å². The van der Waals surface area contributed by atoms with E-state index in [-0.39, 0.29) is 11.3 Å². The highest BCUT2D eigenvalue weighted by atomic mass is 16.5. The predicted molar refractivity (Wildman–Crippen MR) is 74.9 cm³/mol. The van der Waals surface area contributed by atoms with Gasteiger partial charge >= 0.3 is 0 Å². The van der Waals surface area contributed by atoms with Crippen molar-refractivity contribution in [1.82, 2.24) is 0 Å². The maximum Gasteiger partial charge on any atom is 0.0669 e. The van der Waals surface area contributed by atoms with Gasteiger partial charge in [0, 0.05) is 0 Å². The summed E-state index contributed by atoms with van der Waals surface area (Å²) in [6.45, 7) is 5.67. The SMILES string of the molecule is CC(C)C(C#N)C1(c2ccc3c(c2)CCC3)COC1. The molecule has 0 radical (unpaired) electrons. The van der Waals surface area contributed by atoms with Gasteiger partial charge in [0.2, 0.25) is 0 Å². The van der Waals surface area contributed by atoms with Gasteiger partial charge in [-0.15, -0.1) is 0 Å². The molecule has 0 bridgehead atoms. The van der Waals surface area contributed by atoms with Crippen molar-refractivity contribution >= 4 is 0 Å². The van der Waals surface area contributed by atoms with Gasteiger partial charge in [-0.1, -0.05) is 32.0 Å². The number of fused-ring (bicyclic) bond motifs is 1. The van der Waals surface area contributed by atoms with E-state index in [0.717, 1.165) is 0 Å². The first-order valence-electron chi connectivity index (χ1n) is 7.27. The monoisotopic (exact) mass is 255 g/mol. The van der Waals surface area contributed by atoms with E-state index in [4.69, 9.17) is 4.74 Å². The summed E-state index contributed by atoms with van der Waals surface area (Å²) in [5.41, 5.74) is 4.24. The number of aryl methyl sites for hydroxylation is 2. The molecule has 19 heavy (non-hydrogen) atoms. The van der Waals surface area contributed by atoms with Crippen molar-refractivity contribution in [2.45, 2.75) is 38.5 Å². The van der Waals surface area contributed by atoms with Gasteiger partial charge in [-0.3, -0.25) is 0 Å². The Morgan fingerprint density at radius 3 is 2.53 bits per heavy atom. The van der Waals surface area contributed by atoms with Gasteiger partial charge in [0.15, 0.2) is 0 Å². The summed E-state index contributed by atoms with van der Waals surface area (Å²) >= 11 is 0.